The lowest BCUT2D eigenvalue weighted by atomic mass is 9.98. The van der Waals surface area contributed by atoms with Crippen LogP contribution in [0.25, 0.3) is 0 Å². The monoisotopic (exact) mass is 254 g/mol. The van der Waals surface area contributed by atoms with Crippen molar-refractivity contribution < 1.29 is 4.74 Å². The molecule has 2 fully saturated rings. The predicted molar refractivity (Wildman–Crippen MR) is 76.0 cm³/mol. The Morgan fingerprint density at radius 3 is 2.67 bits per heavy atom. The van der Waals surface area contributed by atoms with E-state index in [0.717, 1.165) is 13.2 Å². The molecule has 1 heterocycles. The van der Waals surface area contributed by atoms with Crippen LogP contribution in [0.1, 0.15) is 51.4 Å². The molecule has 0 aromatic carbocycles. The molecule has 1 N–H and O–H groups in total. The first kappa shape index (κ1) is 14.3. The third-order valence-corrected chi connectivity index (χ3v) is 4.39. The van der Waals surface area contributed by atoms with E-state index in [1.165, 1.54) is 64.5 Å². The quantitative estimate of drug-likeness (QED) is 0.763. The molecule has 0 aromatic heterocycles. The van der Waals surface area contributed by atoms with Crippen LogP contribution in [0.2, 0.25) is 0 Å². The summed E-state index contributed by atoms with van der Waals surface area (Å²) in [6, 6.07) is 0.713. The molecule has 1 aliphatic heterocycles. The molecular formula is C15H30N2O. The molecule has 1 unspecified atom stereocenters. The third-order valence-electron chi connectivity index (χ3n) is 4.39. The molecule has 1 saturated carbocycles. The predicted octanol–water partition coefficient (Wildman–Crippen LogP) is 2.41. The van der Waals surface area contributed by atoms with Crippen molar-refractivity contribution in [1.82, 2.24) is 10.2 Å². The van der Waals surface area contributed by atoms with Gasteiger partial charge in [-0.3, -0.25) is 0 Å². The van der Waals surface area contributed by atoms with Gasteiger partial charge < -0.3 is 15.0 Å². The SMILES string of the molecule is CN1CCCC(NCCOC2CCCCC2)CC1. The fourth-order valence-electron chi connectivity index (χ4n) is 3.16. The Labute approximate surface area is 112 Å². The first-order valence-corrected chi connectivity index (χ1v) is 7.88. The highest BCUT2D eigenvalue weighted by Crippen LogP contribution is 2.19. The van der Waals surface area contributed by atoms with Gasteiger partial charge in [0.1, 0.15) is 0 Å². The van der Waals surface area contributed by atoms with Crippen LogP contribution in [0, 0.1) is 0 Å². The molecule has 1 aliphatic carbocycles. The average molecular weight is 254 g/mol. The van der Waals surface area contributed by atoms with Crippen LogP contribution >= 0.6 is 0 Å². The van der Waals surface area contributed by atoms with Crippen molar-refractivity contribution in [2.45, 2.75) is 63.5 Å². The first-order chi connectivity index (χ1) is 8.84. The van der Waals surface area contributed by atoms with Crippen molar-refractivity contribution >= 4 is 0 Å². The highest BCUT2D eigenvalue weighted by molar-refractivity contribution is 4.73. The van der Waals surface area contributed by atoms with E-state index < -0.39 is 0 Å². The summed E-state index contributed by atoms with van der Waals surface area (Å²) in [5.74, 6) is 0. The zero-order valence-electron chi connectivity index (χ0n) is 12.0. The lowest BCUT2D eigenvalue weighted by Crippen LogP contribution is -2.33. The highest BCUT2D eigenvalue weighted by atomic mass is 16.5. The summed E-state index contributed by atoms with van der Waals surface area (Å²) in [6.07, 6.45) is 11.2. The van der Waals surface area contributed by atoms with E-state index in [1.54, 1.807) is 0 Å². The molecule has 0 bridgehead atoms. The Bertz CT molecular complexity index is 217. The minimum Gasteiger partial charge on any atom is -0.377 e. The van der Waals surface area contributed by atoms with Crippen LogP contribution in [0.4, 0.5) is 0 Å². The summed E-state index contributed by atoms with van der Waals surface area (Å²) in [4.78, 5) is 2.44. The lowest BCUT2D eigenvalue weighted by molar-refractivity contribution is 0.0292. The zero-order chi connectivity index (χ0) is 12.6. The van der Waals surface area contributed by atoms with Gasteiger partial charge in [0, 0.05) is 12.6 Å². The Kier molecular flexibility index (Phi) is 6.46. The van der Waals surface area contributed by atoms with E-state index in [9.17, 15) is 0 Å². The van der Waals surface area contributed by atoms with E-state index in [4.69, 9.17) is 4.74 Å². The fourth-order valence-corrected chi connectivity index (χ4v) is 3.16. The number of nitrogens with one attached hydrogen (secondary N) is 1. The van der Waals surface area contributed by atoms with Gasteiger partial charge in [0.25, 0.3) is 0 Å². The van der Waals surface area contributed by atoms with Crippen LogP contribution in [-0.4, -0.2) is 50.3 Å². The summed E-state index contributed by atoms with van der Waals surface area (Å²) in [5, 5.41) is 3.67. The van der Waals surface area contributed by atoms with Crippen LogP contribution in [-0.2, 0) is 4.74 Å². The molecule has 1 atom stereocenters. The third kappa shape index (κ3) is 5.25. The van der Waals surface area contributed by atoms with Crippen molar-refractivity contribution in [1.29, 1.82) is 0 Å². The molecule has 106 valence electrons. The van der Waals surface area contributed by atoms with E-state index in [-0.39, 0.29) is 0 Å². The largest absolute Gasteiger partial charge is 0.377 e. The van der Waals surface area contributed by atoms with Crippen molar-refractivity contribution in [2.24, 2.45) is 0 Å². The Balaban J connectivity index is 1.51. The van der Waals surface area contributed by atoms with Gasteiger partial charge in [0.05, 0.1) is 12.7 Å². The summed E-state index contributed by atoms with van der Waals surface area (Å²) in [7, 11) is 2.23. The molecule has 0 amide bonds. The smallest absolute Gasteiger partial charge is 0.0594 e. The number of likely N-dealkylation sites (tertiary alicyclic amines) is 1. The molecular weight excluding hydrogens is 224 g/mol. The Morgan fingerprint density at radius 1 is 1.00 bits per heavy atom. The van der Waals surface area contributed by atoms with Crippen molar-refractivity contribution in [3.63, 3.8) is 0 Å². The lowest BCUT2D eigenvalue weighted by Gasteiger charge is -2.23. The topological polar surface area (TPSA) is 24.5 Å². The van der Waals surface area contributed by atoms with E-state index in [0.29, 0.717) is 12.1 Å². The number of nitrogens with zero attached hydrogens (tertiary/aromatic N) is 1. The molecule has 2 rings (SSSR count). The summed E-state index contributed by atoms with van der Waals surface area (Å²) >= 11 is 0. The summed E-state index contributed by atoms with van der Waals surface area (Å²) in [6.45, 7) is 4.43. The van der Waals surface area contributed by atoms with Crippen LogP contribution in [0.15, 0.2) is 0 Å². The van der Waals surface area contributed by atoms with Gasteiger partial charge >= 0.3 is 0 Å². The average Bonchev–Trinajstić information content (AvgIpc) is 2.61. The fraction of sp³-hybridized carbons (Fsp3) is 1.00. The van der Waals surface area contributed by atoms with E-state index in [1.807, 2.05) is 0 Å². The van der Waals surface area contributed by atoms with Crippen LogP contribution in [0.5, 0.6) is 0 Å². The second kappa shape index (κ2) is 8.13. The number of hydrogen-bond donors (Lipinski definition) is 1. The Morgan fingerprint density at radius 2 is 1.83 bits per heavy atom. The van der Waals surface area contributed by atoms with Crippen molar-refractivity contribution in [3.8, 4) is 0 Å². The van der Waals surface area contributed by atoms with Crippen LogP contribution in [0.3, 0.4) is 0 Å². The van der Waals surface area contributed by atoms with Gasteiger partial charge in [-0.2, -0.15) is 0 Å². The minimum atomic E-state index is 0.556. The maximum atomic E-state index is 5.95. The summed E-state index contributed by atoms with van der Waals surface area (Å²) < 4.78 is 5.95. The molecule has 3 nitrogen and oxygen atoms in total. The van der Waals surface area contributed by atoms with Gasteiger partial charge in [0.15, 0.2) is 0 Å². The molecule has 18 heavy (non-hydrogen) atoms. The van der Waals surface area contributed by atoms with Crippen molar-refractivity contribution in [2.75, 3.05) is 33.3 Å². The number of rotatable bonds is 5. The number of hydrogen-bond acceptors (Lipinski definition) is 3. The summed E-state index contributed by atoms with van der Waals surface area (Å²) in [5.41, 5.74) is 0. The second-order valence-corrected chi connectivity index (χ2v) is 6.02. The molecule has 3 heteroatoms. The van der Waals surface area contributed by atoms with E-state index in [2.05, 4.69) is 17.3 Å². The molecule has 0 spiro atoms. The van der Waals surface area contributed by atoms with Crippen molar-refractivity contribution in [3.05, 3.63) is 0 Å². The van der Waals surface area contributed by atoms with E-state index >= 15 is 0 Å². The van der Waals surface area contributed by atoms with Gasteiger partial charge in [-0.1, -0.05) is 19.3 Å². The minimum absolute atomic E-state index is 0.556. The van der Waals surface area contributed by atoms with Gasteiger partial charge in [-0.25, -0.2) is 0 Å². The molecule has 2 aliphatic rings. The number of ether oxygens (including phenoxy) is 1. The van der Waals surface area contributed by atoms with Crippen LogP contribution < -0.4 is 5.32 Å². The molecule has 0 radical (unpaired) electrons. The van der Waals surface area contributed by atoms with Gasteiger partial charge in [0.2, 0.25) is 0 Å². The maximum Gasteiger partial charge on any atom is 0.0594 e. The zero-order valence-corrected chi connectivity index (χ0v) is 12.0. The van der Waals surface area contributed by atoms with Gasteiger partial charge in [-0.15, -0.1) is 0 Å². The second-order valence-electron chi connectivity index (χ2n) is 6.02. The standard InChI is InChI=1S/C15H30N2O/c1-17-11-5-6-14(9-12-17)16-10-13-18-15-7-3-2-4-8-15/h14-16H,2-13H2,1H3. The molecule has 1 saturated heterocycles. The Hall–Kier alpha value is -0.120. The highest BCUT2D eigenvalue weighted by Gasteiger charge is 2.15. The first-order valence-electron chi connectivity index (χ1n) is 7.88. The normalized spacial score (nSPS) is 28.2. The van der Waals surface area contributed by atoms with Gasteiger partial charge in [-0.05, 0) is 52.2 Å². The maximum absolute atomic E-state index is 5.95. The molecule has 0 aromatic rings.